The van der Waals surface area contributed by atoms with Crippen LogP contribution in [0, 0.1) is 11.8 Å². The van der Waals surface area contributed by atoms with Crippen LogP contribution < -0.4 is 10.2 Å². The Hall–Kier alpha value is -2.88. The third-order valence-corrected chi connectivity index (χ3v) is 8.93. The fourth-order valence-electron chi connectivity index (χ4n) is 6.02. The van der Waals surface area contributed by atoms with Gasteiger partial charge < -0.3 is 34.6 Å². The van der Waals surface area contributed by atoms with Crippen molar-refractivity contribution >= 4 is 23.8 Å². The summed E-state index contributed by atoms with van der Waals surface area (Å²) >= 11 is 0. The first-order chi connectivity index (χ1) is 20.1. The van der Waals surface area contributed by atoms with E-state index in [0.717, 1.165) is 43.7 Å². The molecule has 3 heterocycles. The Kier molecular flexibility index (Phi) is 11.5. The van der Waals surface area contributed by atoms with Crippen molar-refractivity contribution in [3.8, 4) is 0 Å². The van der Waals surface area contributed by atoms with Gasteiger partial charge in [0, 0.05) is 56.9 Å². The van der Waals surface area contributed by atoms with E-state index in [1.165, 1.54) is 5.69 Å². The van der Waals surface area contributed by atoms with Crippen LogP contribution in [0.25, 0.3) is 6.08 Å². The molecule has 0 aromatic heterocycles. The van der Waals surface area contributed by atoms with E-state index in [2.05, 4.69) is 52.5 Å². The predicted octanol–water partition coefficient (Wildman–Crippen LogP) is 3.93. The van der Waals surface area contributed by atoms with Crippen LogP contribution >= 0.6 is 0 Å². The number of aliphatic hydroxyl groups is 1. The third-order valence-electron chi connectivity index (χ3n) is 8.93. The van der Waals surface area contributed by atoms with Crippen LogP contribution in [0.2, 0.25) is 0 Å². The number of esters is 1. The Labute approximate surface area is 251 Å². The van der Waals surface area contributed by atoms with E-state index >= 15 is 0 Å². The molecule has 0 saturated carbocycles. The van der Waals surface area contributed by atoms with Gasteiger partial charge in [0.05, 0.1) is 12.5 Å². The van der Waals surface area contributed by atoms with Crippen molar-refractivity contribution in [2.45, 2.75) is 70.8 Å². The summed E-state index contributed by atoms with van der Waals surface area (Å²) in [7, 11) is 4.06. The van der Waals surface area contributed by atoms with Gasteiger partial charge in [0.2, 0.25) is 0 Å². The molecule has 6 atom stereocenters. The number of rotatable bonds is 5. The first kappa shape index (κ1) is 32.0. The summed E-state index contributed by atoms with van der Waals surface area (Å²) in [6.45, 7) is 11.0. The average Bonchev–Trinajstić information content (AvgIpc) is 3.46. The van der Waals surface area contributed by atoms with Gasteiger partial charge in [0.25, 0.3) is 0 Å². The molecular formula is C33H50N4O5. The first-order valence-electron chi connectivity index (χ1n) is 15.5. The lowest BCUT2D eigenvalue weighted by molar-refractivity contribution is -0.151. The molecule has 2 fully saturated rings. The van der Waals surface area contributed by atoms with Gasteiger partial charge in [-0.2, -0.15) is 0 Å². The zero-order valence-corrected chi connectivity index (χ0v) is 26.0. The van der Waals surface area contributed by atoms with Crippen LogP contribution in [0.5, 0.6) is 0 Å². The van der Waals surface area contributed by atoms with E-state index in [1.54, 1.807) is 4.90 Å². The molecule has 2 N–H and O–H groups in total. The largest absolute Gasteiger partial charge is 0.457 e. The van der Waals surface area contributed by atoms with Gasteiger partial charge in [-0.3, -0.25) is 4.79 Å². The van der Waals surface area contributed by atoms with Crippen LogP contribution in [-0.4, -0.2) is 105 Å². The van der Waals surface area contributed by atoms with Gasteiger partial charge in [-0.05, 0) is 75.5 Å². The van der Waals surface area contributed by atoms with E-state index in [0.29, 0.717) is 32.0 Å². The minimum atomic E-state index is -0.809. The second kappa shape index (κ2) is 15.0. The predicted molar refractivity (Wildman–Crippen MR) is 166 cm³/mol. The number of carbonyl (C=O) groups excluding carboxylic acids is 2. The molecule has 0 aliphatic carbocycles. The molecule has 42 heavy (non-hydrogen) atoms. The molecule has 9 nitrogen and oxygen atoms in total. The maximum Gasteiger partial charge on any atom is 0.410 e. The minimum Gasteiger partial charge on any atom is -0.457 e. The summed E-state index contributed by atoms with van der Waals surface area (Å²) in [5, 5.41) is 14.0. The maximum absolute atomic E-state index is 13.0. The smallest absolute Gasteiger partial charge is 0.410 e. The molecule has 0 spiro atoms. The topological polar surface area (TPSA) is 94.6 Å². The van der Waals surface area contributed by atoms with Gasteiger partial charge in [-0.15, -0.1) is 0 Å². The molecule has 232 valence electrons. The second-order valence-electron chi connectivity index (χ2n) is 12.4. The lowest BCUT2D eigenvalue weighted by Gasteiger charge is -2.33. The Bertz CT molecular complexity index is 1120. The fourth-order valence-corrected chi connectivity index (χ4v) is 6.02. The lowest BCUT2D eigenvalue weighted by Crippen LogP contribution is -2.48. The molecule has 4 rings (SSSR count). The molecule has 2 saturated heterocycles. The van der Waals surface area contributed by atoms with Crippen LogP contribution in [0.4, 0.5) is 10.5 Å². The minimum absolute atomic E-state index is 0.0131. The van der Waals surface area contributed by atoms with E-state index in [1.807, 2.05) is 40.0 Å². The van der Waals surface area contributed by atoms with Crippen molar-refractivity contribution in [2.24, 2.45) is 11.8 Å². The maximum atomic E-state index is 13.0. The molecule has 3 aliphatic heterocycles. The molecule has 1 aromatic rings. The van der Waals surface area contributed by atoms with Crippen LogP contribution in [0.3, 0.4) is 0 Å². The number of piperazine rings is 1. The molecule has 9 heteroatoms. The summed E-state index contributed by atoms with van der Waals surface area (Å²) in [5.74, 6) is -0.589. The second-order valence-corrected chi connectivity index (χ2v) is 12.4. The number of hydrogen-bond acceptors (Lipinski definition) is 8. The van der Waals surface area contributed by atoms with Crippen molar-refractivity contribution < 1.29 is 24.2 Å². The van der Waals surface area contributed by atoms with Crippen molar-refractivity contribution in [1.29, 1.82) is 0 Å². The summed E-state index contributed by atoms with van der Waals surface area (Å²) in [4.78, 5) is 32.3. The van der Waals surface area contributed by atoms with Crippen molar-refractivity contribution in [2.75, 3.05) is 58.3 Å². The van der Waals surface area contributed by atoms with Gasteiger partial charge in [0.1, 0.15) is 12.2 Å². The first-order valence-corrected chi connectivity index (χ1v) is 15.5. The number of nitrogens with zero attached hydrogens (tertiary/aromatic N) is 3. The van der Waals surface area contributed by atoms with Crippen LogP contribution in [-0.2, 0) is 14.3 Å². The standard InChI is InChI=1S/C33H50N4O5/c1-23-9-11-29(38)21-31(39)42-32(24(2)10-12-30(23)41-33(40)36-17-15-35(5)16-18-36)25(3)19-26-7-6-8-28(20-26)37-14-13-27(22-37)34-4/h6-8,10,12,19-20,23-24,27,29-30,32,34,38H,9,11,13-18,21-22H2,1-5H3/b12-10+,25-19+/t23-,24-,27+,29+,30-,32-/m0/s1. The summed E-state index contributed by atoms with van der Waals surface area (Å²) in [6.07, 6.45) is 6.06. The number of cyclic esters (lactones) is 1. The molecule has 1 amide bonds. The van der Waals surface area contributed by atoms with Gasteiger partial charge in [-0.1, -0.05) is 38.1 Å². The molecule has 1 aromatic carbocycles. The third kappa shape index (κ3) is 8.82. The van der Waals surface area contributed by atoms with Gasteiger partial charge in [0.15, 0.2) is 0 Å². The molecule has 3 aliphatic rings. The number of aliphatic hydroxyl groups excluding tert-OH is 1. The van der Waals surface area contributed by atoms with E-state index in [-0.39, 0.29) is 24.3 Å². The summed E-state index contributed by atoms with van der Waals surface area (Å²) in [6, 6.07) is 8.94. The highest BCUT2D eigenvalue weighted by molar-refractivity contribution is 5.71. The summed E-state index contributed by atoms with van der Waals surface area (Å²) < 4.78 is 12.0. The van der Waals surface area contributed by atoms with Gasteiger partial charge in [-0.25, -0.2) is 4.79 Å². The Morgan fingerprint density at radius 2 is 1.86 bits per heavy atom. The van der Waals surface area contributed by atoms with Crippen LogP contribution in [0.1, 0.15) is 52.0 Å². The number of benzene rings is 1. The SMILES string of the molecule is CN[C@@H]1CCN(c2cccc(/C=C(\C)[C@H]3OC(=O)C[C@H](O)CC[C@H](C)[C@@H](OC(=O)N4CCN(C)CC4)/C=C/[C@@H]3C)c2)C1. The lowest BCUT2D eigenvalue weighted by atomic mass is 9.91. The number of likely N-dealkylation sites (N-methyl/N-ethyl adjacent to an activating group) is 2. The van der Waals surface area contributed by atoms with E-state index in [4.69, 9.17) is 9.47 Å². The monoisotopic (exact) mass is 582 g/mol. The molecule has 0 radical (unpaired) electrons. The summed E-state index contributed by atoms with van der Waals surface area (Å²) in [5.41, 5.74) is 3.14. The van der Waals surface area contributed by atoms with Crippen molar-refractivity contribution in [3.05, 3.63) is 47.6 Å². The zero-order chi connectivity index (χ0) is 30.2. The highest BCUT2D eigenvalue weighted by atomic mass is 16.6. The van der Waals surface area contributed by atoms with E-state index < -0.39 is 24.3 Å². The quantitative estimate of drug-likeness (QED) is 0.399. The van der Waals surface area contributed by atoms with Gasteiger partial charge >= 0.3 is 12.1 Å². The Morgan fingerprint density at radius 1 is 1.10 bits per heavy atom. The fraction of sp³-hybridized carbons (Fsp3) is 0.636. The van der Waals surface area contributed by atoms with E-state index in [9.17, 15) is 14.7 Å². The number of hydrogen-bond donors (Lipinski definition) is 2. The number of anilines is 1. The Morgan fingerprint density at radius 3 is 2.57 bits per heavy atom. The van der Waals surface area contributed by atoms with Crippen molar-refractivity contribution in [3.63, 3.8) is 0 Å². The molecule has 0 bridgehead atoms. The number of carbonyl (C=O) groups is 2. The zero-order valence-electron chi connectivity index (χ0n) is 26.0. The number of ether oxygens (including phenoxy) is 2. The van der Waals surface area contributed by atoms with Crippen molar-refractivity contribution in [1.82, 2.24) is 15.1 Å². The highest BCUT2D eigenvalue weighted by Crippen LogP contribution is 2.27. The number of nitrogens with one attached hydrogen (secondary N) is 1. The van der Waals surface area contributed by atoms with Crippen LogP contribution in [0.15, 0.2) is 42.0 Å². The normalized spacial score (nSPS) is 31.2. The average molecular weight is 583 g/mol. The Balaban J connectivity index is 1.53. The molecular weight excluding hydrogens is 532 g/mol. The highest BCUT2D eigenvalue weighted by Gasteiger charge is 2.29. The molecule has 0 unspecified atom stereocenters. The number of amides is 1.